The van der Waals surface area contributed by atoms with Crippen LogP contribution < -0.4 is 10.5 Å². The van der Waals surface area contributed by atoms with Gasteiger partial charge in [-0.05, 0) is 31.2 Å². The summed E-state index contributed by atoms with van der Waals surface area (Å²) in [7, 11) is 0. The van der Waals surface area contributed by atoms with Crippen molar-refractivity contribution in [1.29, 1.82) is 0 Å². The maximum Gasteiger partial charge on any atom is 0.131 e. The van der Waals surface area contributed by atoms with Crippen LogP contribution in [0.3, 0.4) is 0 Å². The largest absolute Gasteiger partial charge is 0.490 e. The molecule has 0 amide bonds. The molecule has 3 heteroatoms. The molecule has 1 aliphatic carbocycles. The van der Waals surface area contributed by atoms with Crippen LogP contribution in [0.15, 0.2) is 18.2 Å². The van der Waals surface area contributed by atoms with Crippen molar-refractivity contribution in [3.05, 3.63) is 29.6 Å². The van der Waals surface area contributed by atoms with Gasteiger partial charge in [0.15, 0.2) is 0 Å². The Bertz CT molecular complexity index is 394. The maximum atomic E-state index is 13.6. The maximum absolute atomic E-state index is 13.6. The van der Waals surface area contributed by atoms with Gasteiger partial charge >= 0.3 is 0 Å². The van der Waals surface area contributed by atoms with E-state index in [-0.39, 0.29) is 18.5 Å². The van der Waals surface area contributed by atoms with Gasteiger partial charge in [-0.3, -0.25) is 0 Å². The van der Waals surface area contributed by atoms with Gasteiger partial charge in [-0.15, -0.1) is 0 Å². The number of ether oxygens (including phenoxy) is 1. The van der Waals surface area contributed by atoms with Crippen molar-refractivity contribution < 1.29 is 9.13 Å². The Morgan fingerprint density at radius 3 is 2.89 bits per heavy atom. The Labute approximate surface area is 108 Å². The molecule has 100 valence electrons. The zero-order chi connectivity index (χ0) is 13.0. The van der Waals surface area contributed by atoms with Gasteiger partial charge in [0.2, 0.25) is 0 Å². The molecule has 0 bridgehead atoms. The number of halogens is 1. The van der Waals surface area contributed by atoms with E-state index in [2.05, 4.69) is 6.92 Å². The first kappa shape index (κ1) is 13.3. The fraction of sp³-hybridized carbons (Fsp3) is 0.600. The highest BCUT2D eigenvalue weighted by Gasteiger charge is 2.22. The second-order valence-corrected chi connectivity index (χ2v) is 5.14. The lowest BCUT2D eigenvalue weighted by atomic mass is 9.85. The molecule has 1 aromatic carbocycles. The summed E-state index contributed by atoms with van der Waals surface area (Å²) in [6, 6.07) is 4.99. The predicted molar refractivity (Wildman–Crippen MR) is 71.0 cm³/mol. The fourth-order valence-corrected chi connectivity index (χ4v) is 2.68. The zero-order valence-electron chi connectivity index (χ0n) is 11.0. The minimum Gasteiger partial charge on any atom is -0.490 e. The quantitative estimate of drug-likeness (QED) is 0.886. The summed E-state index contributed by atoms with van der Waals surface area (Å²) < 4.78 is 19.5. The number of hydrogen-bond acceptors (Lipinski definition) is 2. The summed E-state index contributed by atoms with van der Waals surface area (Å²) in [5, 5.41) is 0. The molecule has 0 heterocycles. The third-order valence-corrected chi connectivity index (χ3v) is 3.86. The Morgan fingerprint density at radius 2 is 2.22 bits per heavy atom. The van der Waals surface area contributed by atoms with Crippen LogP contribution in [0.1, 0.15) is 44.6 Å². The van der Waals surface area contributed by atoms with Crippen molar-refractivity contribution in [3.8, 4) is 5.75 Å². The SMILES string of the molecule is CCC1CCCC(Oc2ccc(CN)c(F)c2)C1. The van der Waals surface area contributed by atoms with E-state index in [1.165, 1.54) is 25.3 Å². The number of rotatable bonds is 4. The molecule has 2 nitrogen and oxygen atoms in total. The van der Waals surface area contributed by atoms with E-state index >= 15 is 0 Å². The average molecular weight is 251 g/mol. The van der Waals surface area contributed by atoms with Gasteiger partial charge in [-0.2, -0.15) is 0 Å². The van der Waals surface area contributed by atoms with Gasteiger partial charge in [-0.1, -0.05) is 25.8 Å². The van der Waals surface area contributed by atoms with E-state index in [9.17, 15) is 4.39 Å². The molecule has 0 radical (unpaired) electrons. The summed E-state index contributed by atoms with van der Waals surface area (Å²) >= 11 is 0. The van der Waals surface area contributed by atoms with Crippen LogP contribution >= 0.6 is 0 Å². The molecule has 0 saturated heterocycles. The molecular formula is C15H22FNO. The van der Waals surface area contributed by atoms with Gasteiger partial charge in [0, 0.05) is 18.2 Å². The van der Waals surface area contributed by atoms with Crippen molar-refractivity contribution >= 4 is 0 Å². The number of hydrogen-bond donors (Lipinski definition) is 1. The Balaban J connectivity index is 1.98. The van der Waals surface area contributed by atoms with Crippen LogP contribution in [0, 0.1) is 11.7 Å². The first-order valence-corrected chi connectivity index (χ1v) is 6.88. The monoisotopic (exact) mass is 251 g/mol. The van der Waals surface area contributed by atoms with E-state index in [1.54, 1.807) is 6.07 Å². The number of benzene rings is 1. The first-order chi connectivity index (χ1) is 8.72. The second-order valence-electron chi connectivity index (χ2n) is 5.14. The molecular weight excluding hydrogens is 229 g/mol. The summed E-state index contributed by atoms with van der Waals surface area (Å²) in [5.41, 5.74) is 5.98. The molecule has 1 fully saturated rings. The van der Waals surface area contributed by atoms with E-state index in [1.807, 2.05) is 6.07 Å². The number of nitrogens with two attached hydrogens (primary N) is 1. The summed E-state index contributed by atoms with van der Waals surface area (Å²) in [6.45, 7) is 2.45. The predicted octanol–water partition coefficient (Wildman–Crippen LogP) is 3.63. The van der Waals surface area contributed by atoms with Gasteiger partial charge in [0.25, 0.3) is 0 Å². The Kier molecular flexibility index (Phi) is 4.59. The lowest BCUT2D eigenvalue weighted by Gasteiger charge is -2.29. The lowest BCUT2D eigenvalue weighted by Crippen LogP contribution is -2.25. The standard InChI is InChI=1S/C15H22FNO/c1-2-11-4-3-5-13(8-11)18-14-7-6-12(10-17)15(16)9-14/h6-7,9,11,13H,2-5,8,10,17H2,1H3. The third-order valence-electron chi connectivity index (χ3n) is 3.86. The minimum absolute atomic E-state index is 0.230. The van der Waals surface area contributed by atoms with Crippen LogP contribution in [0.25, 0.3) is 0 Å². The van der Waals surface area contributed by atoms with E-state index < -0.39 is 0 Å². The van der Waals surface area contributed by atoms with E-state index in [4.69, 9.17) is 10.5 Å². The molecule has 2 rings (SSSR count). The van der Waals surface area contributed by atoms with Gasteiger partial charge in [0.05, 0.1) is 6.10 Å². The van der Waals surface area contributed by atoms with Crippen molar-refractivity contribution in [2.75, 3.05) is 0 Å². The Hall–Kier alpha value is -1.09. The van der Waals surface area contributed by atoms with Crippen molar-refractivity contribution in [1.82, 2.24) is 0 Å². The summed E-state index contributed by atoms with van der Waals surface area (Å²) in [6.07, 6.45) is 6.14. The highest BCUT2D eigenvalue weighted by atomic mass is 19.1. The van der Waals surface area contributed by atoms with Crippen LogP contribution in [0.4, 0.5) is 4.39 Å². The smallest absolute Gasteiger partial charge is 0.131 e. The second kappa shape index (κ2) is 6.19. The van der Waals surface area contributed by atoms with E-state index in [0.717, 1.165) is 18.8 Å². The highest BCUT2D eigenvalue weighted by Crippen LogP contribution is 2.30. The molecule has 2 atom stereocenters. The minimum atomic E-state index is -0.266. The molecule has 2 unspecified atom stereocenters. The molecule has 18 heavy (non-hydrogen) atoms. The Morgan fingerprint density at radius 1 is 1.39 bits per heavy atom. The lowest BCUT2D eigenvalue weighted by molar-refractivity contribution is 0.121. The van der Waals surface area contributed by atoms with Crippen LogP contribution in [0.2, 0.25) is 0 Å². The van der Waals surface area contributed by atoms with E-state index in [0.29, 0.717) is 11.3 Å². The van der Waals surface area contributed by atoms with Gasteiger partial charge in [-0.25, -0.2) is 4.39 Å². The van der Waals surface area contributed by atoms with Crippen molar-refractivity contribution in [3.63, 3.8) is 0 Å². The molecule has 1 aliphatic rings. The topological polar surface area (TPSA) is 35.2 Å². The first-order valence-electron chi connectivity index (χ1n) is 6.88. The summed E-state index contributed by atoms with van der Waals surface area (Å²) in [4.78, 5) is 0. The summed E-state index contributed by atoms with van der Waals surface area (Å²) in [5.74, 6) is 1.13. The van der Waals surface area contributed by atoms with Crippen LogP contribution in [-0.4, -0.2) is 6.10 Å². The molecule has 2 N–H and O–H groups in total. The van der Waals surface area contributed by atoms with Crippen LogP contribution in [0.5, 0.6) is 5.75 Å². The molecule has 1 saturated carbocycles. The van der Waals surface area contributed by atoms with Gasteiger partial charge < -0.3 is 10.5 Å². The average Bonchev–Trinajstić information content (AvgIpc) is 2.39. The third kappa shape index (κ3) is 3.22. The normalized spacial score (nSPS) is 23.9. The highest BCUT2D eigenvalue weighted by molar-refractivity contribution is 5.29. The van der Waals surface area contributed by atoms with Crippen molar-refractivity contribution in [2.24, 2.45) is 11.7 Å². The molecule has 1 aromatic rings. The van der Waals surface area contributed by atoms with Crippen molar-refractivity contribution in [2.45, 2.75) is 51.7 Å². The molecule has 0 spiro atoms. The van der Waals surface area contributed by atoms with Gasteiger partial charge in [0.1, 0.15) is 11.6 Å². The molecule has 0 aromatic heterocycles. The molecule has 0 aliphatic heterocycles. The fourth-order valence-electron chi connectivity index (χ4n) is 2.68. The van der Waals surface area contributed by atoms with Crippen LogP contribution in [-0.2, 0) is 6.54 Å². The zero-order valence-corrected chi connectivity index (χ0v) is 11.0.